The van der Waals surface area contributed by atoms with E-state index in [9.17, 15) is 9.59 Å². The summed E-state index contributed by atoms with van der Waals surface area (Å²) in [6.45, 7) is 0.581. The first-order valence-electron chi connectivity index (χ1n) is 10.7. The van der Waals surface area contributed by atoms with E-state index >= 15 is 0 Å². The van der Waals surface area contributed by atoms with Gasteiger partial charge in [-0.05, 0) is 66.4 Å². The number of aromatic nitrogens is 2. The number of rotatable bonds is 5. The lowest BCUT2D eigenvalue weighted by Gasteiger charge is -2.12. The van der Waals surface area contributed by atoms with Crippen LogP contribution in [0.3, 0.4) is 0 Å². The van der Waals surface area contributed by atoms with Gasteiger partial charge in [-0.3, -0.25) is 14.7 Å². The number of aryl methyl sites for hydroxylation is 1. The predicted molar refractivity (Wildman–Crippen MR) is 126 cm³/mol. The van der Waals surface area contributed by atoms with E-state index in [-0.39, 0.29) is 11.8 Å². The number of amides is 2. The maximum atomic E-state index is 12.8. The molecule has 3 aromatic carbocycles. The monoisotopic (exact) mass is 425 g/mol. The normalized spacial score (nSPS) is 13.2. The van der Waals surface area contributed by atoms with Gasteiger partial charge in [0.2, 0.25) is 5.91 Å². The molecule has 1 aromatic heterocycles. The third-order valence-electron chi connectivity index (χ3n) is 5.62. The number of benzene rings is 3. The van der Waals surface area contributed by atoms with Crippen molar-refractivity contribution < 1.29 is 9.59 Å². The third-order valence-corrected chi connectivity index (χ3v) is 5.62. The lowest BCUT2D eigenvalue weighted by atomic mass is 10.1. The topological polar surface area (TPSA) is 98.9 Å². The Morgan fingerprint density at radius 1 is 1.00 bits per heavy atom. The molecule has 0 fully saturated rings. The van der Waals surface area contributed by atoms with Crippen molar-refractivity contribution in [3.05, 3.63) is 83.4 Å². The van der Waals surface area contributed by atoms with Crippen LogP contribution >= 0.6 is 0 Å². The van der Waals surface area contributed by atoms with E-state index in [1.807, 2.05) is 54.6 Å². The molecule has 0 radical (unpaired) electrons. The fourth-order valence-corrected chi connectivity index (χ4v) is 3.95. The zero-order chi connectivity index (χ0) is 21.9. The molecule has 0 saturated carbocycles. The second kappa shape index (κ2) is 8.55. The zero-order valence-electron chi connectivity index (χ0n) is 17.4. The van der Waals surface area contributed by atoms with Crippen LogP contribution in [-0.2, 0) is 17.8 Å². The number of carbonyl (C=O) groups excluding carboxylic acids is 2. The van der Waals surface area contributed by atoms with E-state index in [0.29, 0.717) is 24.3 Å². The number of H-pyrrole nitrogens is 1. The number of hydrogen-bond acceptors (Lipinski definition) is 4. The summed E-state index contributed by atoms with van der Waals surface area (Å²) in [6, 6.07) is 21.2. The van der Waals surface area contributed by atoms with Gasteiger partial charge in [0.15, 0.2) is 5.82 Å². The van der Waals surface area contributed by atoms with Gasteiger partial charge in [-0.2, -0.15) is 5.10 Å². The quantitative estimate of drug-likeness (QED) is 0.372. The number of carbonyl (C=O) groups is 2. The lowest BCUT2D eigenvalue weighted by molar-refractivity contribution is -0.116. The molecule has 2 amide bonds. The summed E-state index contributed by atoms with van der Waals surface area (Å²) in [7, 11) is 0. The van der Waals surface area contributed by atoms with E-state index in [2.05, 4.69) is 32.2 Å². The fourth-order valence-electron chi connectivity index (χ4n) is 3.95. The smallest absolute Gasteiger partial charge is 0.256 e. The van der Waals surface area contributed by atoms with Crippen molar-refractivity contribution in [2.45, 2.75) is 25.8 Å². The number of anilines is 3. The average Bonchev–Trinajstić information content (AvgIpc) is 3.12. The summed E-state index contributed by atoms with van der Waals surface area (Å²) in [4.78, 5) is 24.5. The van der Waals surface area contributed by atoms with Crippen molar-refractivity contribution >= 4 is 39.9 Å². The van der Waals surface area contributed by atoms with E-state index in [4.69, 9.17) is 0 Å². The number of para-hydroxylation sites is 1. The Morgan fingerprint density at radius 3 is 2.84 bits per heavy atom. The molecule has 0 bridgehead atoms. The molecule has 0 unspecified atom stereocenters. The summed E-state index contributed by atoms with van der Waals surface area (Å²) in [5.74, 6) is 0.387. The summed E-state index contributed by atoms with van der Waals surface area (Å²) in [5, 5.41) is 17.3. The Bertz CT molecular complexity index is 1310. The van der Waals surface area contributed by atoms with Crippen LogP contribution in [0, 0.1) is 0 Å². The van der Waals surface area contributed by atoms with Gasteiger partial charge in [0.05, 0.1) is 5.52 Å². The van der Waals surface area contributed by atoms with Crippen molar-refractivity contribution in [2.75, 3.05) is 16.0 Å². The van der Waals surface area contributed by atoms with Gasteiger partial charge in [0.25, 0.3) is 5.91 Å². The van der Waals surface area contributed by atoms with Crippen LogP contribution in [0.5, 0.6) is 0 Å². The first kappa shape index (κ1) is 19.8. The highest BCUT2D eigenvalue weighted by atomic mass is 16.2. The number of aromatic amines is 1. The first-order chi connectivity index (χ1) is 15.7. The molecule has 5 rings (SSSR count). The molecule has 2 heterocycles. The second-order valence-electron chi connectivity index (χ2n) is 7.90. The van der Waals surface area contributed by atoms with Crippen molar-refractivity contribution in [3.8, 4) is 0 Å². The molecule has 32 heavy (non-hydrogen) atoms. The van der Waals surface area contributed by atoms with E-state index in [0.717, 1.165) is 46.2 Å². The summed E-state index contributed by atoms with van der Waals surface area (Å²) in [6.07, 6.45) is 2.28. The zero-order valence-corrected chi connectivity index (χ0v) is 17.4. The molecule has 7 nitrogen and oxygen atoms in total. The van der Waals surface area contributed by atoms with Crippen LogP contribution in [-0.4, -0.2) is 22.0 Å². The Labute approximate surface area is 185 Å². The van der Waals surface area contributed by atoms with Gasteiger partial charge in [-0.1, -0.05) is 24.3 Å². The summed E-state index contributed by atoms with van der Waals surface area (Å²) < 4.78 is 0. The molecular formula is C25H23N5O2. The minimum Gasteiger partial charge on any atom is -0.381 e. The van der Waals surface area contributed by atoms with Crippen molar-refractivity contribution in [1.29, 1.82) is 0 Å². The van der Waals surface area contributed by atoms with Crippen molar-refractivity contribution in [3.63, 3.8) is 0 Å². The fraction of sp³-hybridized carbons (Fsp3) is 0.160. The van der Waals surface area contributed by atoms with E-state index in [1.54, 1.807) is 6.07 Å². The summed E-state index contributed by atoms with van der Waals surface area (Å²) >= 11 is 0. The predicted octanol–water partition coefficient (Wildman–Crippen LogP) is 4.70. The van der Waals surface area contributed by atoms with Crippen molar-refractivity contribution in [2.24, 2.45) is 0 Å². The van der Waals surface area contributed by atoms with E-state index in [1.165, 1.54) is 0 Å². The molecule has 7 heteroatoms. The molecule has 0 saturated heterocycles. The van der Waals surface area contributed by atoms with Gasteiger partial charge in [-0.25, -0.2) is 0 Å². The van der Waals surface area contributed by atoms with Crippen LogP contribution < -0.4 is 16.0 Å². The van der Waals surface area contributed by atoms with E-state index < -0.39 is 0 Å². The number of fused-ring (bicyclic) bond motifs is 2. The average molecular weight is 425 g/mol. The van der Waals surface area contributed by atoms with Crippen LogP contribution in [0.15, 0.2) is 66.7 Å². The Hall–Kier alpha value is -4.13. The molecule has 160 valence electrons. The molecule has 1 aliphatic heterocycles. The third kappa shape index (κ3) is 4.18. The Balaban J connectivity index is 1.27. The maximum Gasteiger partial charge on any atom is 0.256 e. The lowest BCUT2D eigenvalue weighted by Crippen LogP contribution is -2.13. The highest BCUT2D eigenvalue weighted by Gasteiger charge is 2.14. The van der Waals surface area contributed by atoms with Gasteiger partial charge >= 0.3 is 0 Å². The van der Waals surface area contributed by atoms with Crippen LogP contribution in [0.1, 0.15) is 34.3 Å². The van der Waals surface area contributed by atoms with Gasteiger partial charge < -0.3 is 16.0 Å². The first-order valence-corrected chi connectivity index (χ1v) is 10.7. The molecule has 1 aliphatic rings. The summed E-state index contributed by atoms with van der Waals surface area (Å²) in [5.41, 5.74) is 5.45. The van der Waals surface area contributed by atoms with Gasteiger partial charge in [0, 0.05) is 35.3 Å². The highest BCUT2D eigenvalue weighted by Crippen LogP contribution is 2.26. The number of nitrogens with zero attached hydrogens (tertiary/aromatic N) is 1. The number of nitrogens with one attached hydrogen (secondary N) is 4. The van der Waals surface area contributed by atoms with Gasteiger partial charge in [-0.15, -0.1) is 0 Å². The van der Waals surface area contributed by atoms with Crippen LogP contribution in [0.4, 0.5) is 17.2 Å². The molecule has 0 spiro atoms. The Morgan fingerprint density at radius 2 is 1.91 bits per heavy atom. The standard InChI is InChI=1S/C25H23N5O2/c31-23-10-4-6-17-14-19(11-12-21(17)27-23)26-15-16-5-3-7-18(13-16)25(32)28-24-20-8-1-2-9-22(20)29-30-24/h1-3,5,7-9,11-14,26H,4,6,10,15H2,(H,27,31)(H2,28,29,30,32). The van der Waals surface area contributed by atoms with Crippen LogP contribution in [0.25, 0.3) is 10.9 Å². The molecule has 0 atom stereocenters. The maximum absolute atomic E-state index is 12.8. The molecule has 4 aromatic rings. The second-order valence-corrected chi connectivity index (χ2v) is 7.90. The minimum absolute atomic E-state index is 0.0717. The van der Waals surface area contributed by atoms with Crippen LogP contribution in [0.2, 0.25) is 0 Å². The largest absolute Gasteiger partial charge is 0.381 e. The van der Waals surface area contributed by atoms with Crippen molar-refractivity contribution in [1.82, 2.24) is 10.2 Å². The molecule has 4 N–H and O–H groups in total. The SMILES string of the molecule is O=C1CCCc2cc(NCc3cccc(C(=O)Nc4n[nH]c5ccccc45)c3)ccc2N1. The Kier molecular flexibility index (Phi) is 5.29. The number of hydrogen-bond donors (Lipinski definition) is 4. The molecule has 0 aliphatic carbocycles. The highest BCUT2D eigenvalue weighted by molar-refractivity contribution is 6.07. The van der Waals surface area contributed by atoms with Gasteiger partial charge in [0.1, 0.15) is 0 Å². The molecular weight excluding hydrogens is 402 g/mol. The minimum atomic E-state index is -0.204.